The normalized spacial score (nSPS) is 11.8. The lowest BCUT2D eigenvalue weighted by molar-refractivity contribution is 0.0280. The number of esters is 1. The number of nitrogens with zero attached hydrogens (tertiary/aromatic N) is 2. The maximum Gasteiger partial charge on any atom is 0.338 e. The molecule has 0 unspecified atom stereocenters. The van der Waals surface area contributed by atoms with Gasteiger partial charge in [0, 0.05) is 5.56 Å². The fourth-order valence-electron chi connectivity index (χ4n) is 2.34. The third-order valence-electron chi connectivity index (χ3n) is 3.77. The van der Waals surface area contributed by atoms with E-state index in [1.54, 1.807) is 31.2 Å². The number of carbonyl (C=O) groups excluding carboxylic acids is 1. The van der Waals surface area contributed by atoms with Crippen LogP contribution in [0.3, 0.4) is 0 Å². The fourth-order valence-corrected chi connectivity index (χ4v) is 2.34. The summed E-state index contributed by atoms with van der Waals surface area (Å²) in [5.74, 6) is 0.885. The molecular formula is C20H20N2O4. The van der Waals surface area contributed by atoms with Crippen molar-refractivity contribution in [3.05, 3.63) is 65.5 Å². The Balaban J connectivity index is 1.67. The van der Waals surface area contributed by atoms with Crippen LogP contribution in [0.2, 0.25) is 0 Å². The fraction of sp³-hybridized carbons (Fsp3) is 0.250. The third kappa shape index (κ3) is 4.08. The number of rotatable bonds is 6. The summed E-state index contributed by atoms with van der Waals surface area (Å²) in [6, 6.07) is 14.5. The van der Waals surface area contributed by atoms with Crippen molar-refractivity contribution < 1.29 is 18.7 Å². The van der Waals surface area contributed by atoms with Crippen LogP contribution in [0.4, 0.5) is 0 Å². The second-order valence-electron chi connectivity index (χ2n) is 5.82. The van der Waals surface area contributed by atoms with Crippen LogP contribution < -0.4 is 4.74 Å². The molecule has 1 heterocycles. The smallest absolute Gasteiger partial charge is 0.338 e. The molecule has 3 rings (SSSR count). The Labute approximate surface area is 151 Å². The quantitative estimate of drug-likeness (QED) is 0.614. The van der Waals surface area contributed by atoms with Crippen LogP contribution in [0.25, 0.3) is 11.5 Å². The molecule has 0 aliphatic rings. The molecule has 0 fully saturated rings. The summed E-state index contributed by atoms with van der Waals surface area (Å²) in [7, 11) is 0. The molecule has 0 radical (unpaired) electrons. The molecule has 26 heavy (non-hydrogen) atoms. The number of benzene rings is 2. The van der Waals surface area contributed by atoms with Crippen LogP contribution in [0, 0.1) is 6.92 Å². The number of carbonyl (C=O) groups is 1. The topological polar surface area (TPSA) is 74.5 Å². The number of ether oxygens (including phenoxy) is 2. The van der Waals surface area contributed by atoms with E-state index in [0.717, 1.165) is 11.1 Å². The van der Waals surface area contributed by atoms with E-state index in [1.165, 1.54) is 0 Å². The summed E-state index contributed by atoms with van der Waals surface area (Å²) in [4.78, 5) is 12.3. The highest BCUT2D eigenvalue weighted by Crippen LogP contribution is 2.23. The van der Waals surface area contributed by atoms with Gasteiger partial charge in [0.25, 0.3) is 5.89 Å². The second-order valence-corrected chi connectivity index (χ2v) is 5.82. The maximum absolute atomic E-state index is 12.3. The van der Waals surface area contributed by atoms with Crippen molar-refractivity contribution >= 4 is 5.97 Å². The first-order valence-corrected chi connectivity index (χ1v) is 8.41. The number of aryl methyl sites for hydroxylation is 1. The van der Waals surface area contributed by atoms with Gasteiger partial charge in [0.1, 0.15) is 5.75 Å². The van der Waals surface area contributed by atoms with Crippen LogP contribution in [0.1, 0.15) is 41.8 Å². The van der Waals surface area contributed by atoms with Crippen molar-refractivity contribution in [2.24, 2.45) is 0 Å². The van der Waals surface area contributed by atoms with Crippen LogP contribution >= 0.6 is 0 Å². The molecule has 0 amide bonds. The van der Waals surface area contributed by atoms with Gasteiger partial charge < -0.3 is 13.9 Å². The zero-order chi connectivity index (χ0) is 18.5. The van der Waals surface area contributed by atoms with E-state index in [1.807, 2.05) is 38.1 Å². The van der Waals surface area contributed by atoms with Gasteiger partial charge in [0.05, 0.1) is 12.2 Å². The lowest BCUT2D eigenvalue weighted by Crippen LogP contribution is -2.09. The Morgan fingerprint density at radius 3 is 2.42 bits per heavy atom. The van der Waals surface area contributed by atoms with Gasteiger partial charge in [-0.05, 0) is 57.2 Å². The lowest BCUT2D eigenvalue weighted by atomic mass is 10.1. The van der Waals surface area contributed by atoms with Gasteiger partial charge in [0.15, 0.2) is 6.10 Å². The molecule has 1 aromatic heterocycles. The van der Waals surface area contributed by atoms with Gasteiger partial charge in [0.2, 0.25) is 5.89 Å². The van der Waals surface area contributed by atoms with Gasteiger partial charge in [-0.2, -0.15) is 0 Å². The summed E-state index contributed by atoms with van der Waals surface area (Å²) in [6.07, 6.45) is -0.652. The molecule has 0 aliphatic carbocycles. The molecule has 0 N–H and O–H groups in total. The molecule has 0 saturated carbocycles. The van der Waals surface area contributed by atoms with Gasteiger partial charge in [-0.15, -0.1) is 10.2 Å². The standard InChI is InChI=1S/C20H20N2O4/c1-4-24-17-11-9-16(10-12-17)20(23)25-14(3)18-21-22-19(26-18)15-7-5-13(2)6-8-15/h5-12,14H,4H2,1-3H3/t14-/m0/s1. The Morgan fingerprint density at radius 1 is 1.08 bits per heavy atom. The van der Waals surface area contributed by atoms with E-state index in [0.29, 0.717) is 23.8 Å². The van der Waals surface area contributed by atoms with E-state index in [-0.39, 0.29) is 5.89 Å². The largest absolute Gasteiger partial charge is 0.494 e. The van der Waals surface area contributed by atoms with E-state index in [2.05, 4.69) is 10.2 Å². The SMILES string of the molecule is CCOc1ccc(C(=O)O[C@@H](C)c2nnc(-c3ccc(C)cc3)o2)cc1. The van der Waals surface area contributed by atoms with Crippen molar-refractivity contribution in [1.82, 2.24) is 10.2 Å². The summed E-state index contributed by atoms with van der Waals surface area (Å²) in [6.45, 7) is 6.17. The Kier molecular flexibility index (Phi) is 5.31. The maximum atomic E-state index is 12.3. The second kappa shape index (κ2) is 7.82. The number of aromatic nitrogens is 2. The minimum atomic E-state index is -0.652. The third-order valence-corrected chi connectivity index (χ3v) is 3.77. The van der Waals surface area contributed by atoms with Crippen molar-refractivity contribution in [3.8, 4) is 17.2 Å². The first kappa shape index (κ1) is 17.7. The van der Waals surface area contributed by atoms with E-state index in [9.17, 15) is 4.79 Å². The van der Waals surface area contributed by atoms with Crippen molar-refractivity contribution in [2.75, 3.05) is 6.61 Å². The monoisotopic (exact) mass is 352 g/mol. The van der Waals surface area contributed by atoms with E-state index < -0.39 is 12.1 Å². The van der Waals surface area contributed by atoms with Crippen molar-refractivity contribution in [1.29, 1.82) is 0 Å². The zero-order valence-electron chi connectivity index (χ0n) is 14.9. The highest BCUT2D eigenvalue weighted by Gasteiger charge is 2.20. The van der Waals surface area contributed by atoms with E-state index in [4.69, 9.17) is 13.9 Å². The van der Waals surface area contributed by atoms with Gasteiger partial charge in [-0.3, -0.25) is 0 Å². The van der Waals surface area contributed by atoms with Crippen molar-refractivity contribution in [2.45, 2.75) is 26.9 Å². The van der Waals surface area contributed by atoms with Crippen molar-refractivity contribution in [3.63, 3.8) is 0 Å². The predicted octanol–water partition coefficient (Wildman–Crippen LogP) is 4.36. The Morgan fingerprint density at radius 2 is 1.77 bits per heavy atom. The highest BCUT2D eigenvalue weighted by atomic mass is 16.6. The molecule has 0 spiro atoms. The Bertz CT molecular complexity index is 870. The molecule has 3 aromatic rings. The summed E-state index contributed by atoms with van der Waals surface area (Å²) >= 11 is 0. The lowest BCUT2D eigenvalue weighted by Gasteiger charge is -2.10. The molecule has 0 bridgehead atoms. The zero-order valence-corrected chi connectivity index (χ0v) is 14.9. The minimum absolute atomic E-state index is 0.250. The van der Waals surface area contributed by atoms with Gasteiger partial charge in [-0.1, -0.05) is 17.7 Å². The first-order valence-electron chi connectivity index (χ1n) is 8.41. The molecule has 0 aliphatic heterocycles. The van der Waals surface area contributed by atoms with Crippen LogP contribution in [0.5, 0.6) is 5.75 Å². The van der Waals surface area contributed by atoms with Crippen LogP contribution in [-0.2, 0) is 4.74 Å². The minimum Gasteiger partial charge on any atom is -0.494 e. The summed E-state index contributed by atoms with van der Waals surface area (Å²) in [5, 5.41) is 8.01. The van der Waals surface area contributed by atoms with Gasteiger partial charge >= 0.3 is 5.97 Å². The van der Waals surface area contributed by atoms with Gasteiger partial charge in [-0.25, -0.2) is 4.79 Å². The molecule has 0 saturated heterocycles. The van der Waals surface area contributed by atoms with Crippen LogP contribution in [-0.4, -0.2) is 22.8 Å². The average Bonchev–Trinajstić information content (AvgIpc) is 3.13. The predicted molar refractivity (Wildman–Crippen MR) is 95.9 cm³/mol. The summed E-state index contributed by atoms with van der Waals surface area (Å²) in [5.41, 5.74) is 2.39. The molecule has 134 valence electrons. The number of hydrogen-bond donors (Lipinski definition) is 0. The van der Waals surface area contributed by atoms with Crippen LogP contribution in [0.15, 0.2) is 52.9 Å². The average molecular weight is 352 g/mol. The highest BCUT2D eigenvalue weighted by molar-refractivity contribution is 5.89. The molecule has 6 heteroatoms. The Hall–Kier alpha value is -3.15. The number of hydrogen-bond acceptors (Lipinski definition) is 6. The molecule has 6 nitrogen and oxygen atoms in total. The molecule has 2 aromatic carbocycles. The first-order chi connectivity index (χ1) is 12.6. The van der Waals surface area contributed by atoms with E-state index >= 15 is 0 Å². The summed E-state index contributed by atoms with van der Waals surface area (Å²) < 4.78 is 16.4. The molecule has 1 atom stereocenters. The molecular weight excluding hydrogens is 332 g/mol.